The number of hydrogen-bond acceptors (Lipinski definition) is 3. The van der Waals surface area contributed by atoms with Gasteiger partial charge in [-0.15, -0.1) is 0 Å². The predicted molar refractivity (Wildman–Crippen MR) is 66.9 cm³/mol. The number of ether oxygens (including phenoxy) is 1. The van der Waals surface area contributed by atoms with Crippen LogP contribution >= 0.6 is 15.9 Å². The van der Waals surface area contributed by atoms with Crippen LogP contribution in [0.4, 0.5) is 4.39 Å². The Morgan fingerprint density at radius 3 is 2.89 bits per heavy atom. The molecule has 0 bridgehead atoms. The lowest BCUT2D eigenvalue weighted by Gasteiger charge is -2.16. The molecule has 2 rings (SSSR count). The van der Waals surface area contributed by atoms with Gasteiger partial charge < -0.3 is 15.2 Å². The number of aliphatic hydroxyl groups excluding tert-OH is 1. The summed E-state index contributed by atoms with van der Waals surface area (Å²) in [7, 11) is 0. The lowest BCUT2D eigenvalue weighted by atomic mass is 10.1. The van der Waals surface area contributed by atoms with Gasteiger partial charge in [0.05, 0.1) is 30.9 Å². The number of hydrogen-bond donors (Lipinski definition) is 2. The van der Waals surface area contributed by atoms with Crippen molar-refractivity contribution in [3.05, 3.63) is 33.5 Å². The lowest BCUT2D eigenvalue weighted by Crippen LogP contribution is -2.43. The average Bonchev–Trinajstić information content (AvgIpc) is 2.70. The van der Waals surface area contributed by atoms with Crippen LogP contribution in [0.15, 0.2) is 16.6 Å². The number of benzene rings is 1. The van der Waals surface area contributed by atoms with Crippen LogP contribution in [0.3, 0.4) is 0 Å². The van der Waals surface area contributed by atoms with E-state index in [-0.39, 0.29) is 18.8 Å². The second-order valence-corrected chi connectivity index (χ2v) is 5.07. The first-order valence-electron chi connectivity index (χ1n) is 5.52. The first-order valence-corrected chi connectivity index (χ1v) is 6.31. The fraction of sp³-hybridized carbons (Fsp3) is 0.417. The first kappa shape index (κ1) is 13.5. The zero-order chi connectivity index (χ0) is 13.3. The molecule has 1 fully saturated rings. The Kier molecular flexibility index (Phi) is 3.99. The molecule has 1 amide bonds. The van der Waals surface area contributed by atoms with E-state index in [9.17, 15) is 14.3 Å². The SMILES string of the molecule is Cc1c(Br)ccc(F)c1C(=O)N[C@@H]1COC[C@H]1O. The summed E-state index contributed by atoms with van der Waals surface area (Å²) in [5, 5.41) is 12.1. The average molecular weight is 318 g/mol. The minimum atomic E-state index is -0.746. The number of rotatable bonds is 2. The highest BCUT2D eigenvalue weighted by atomic mass is 79.9. The standard InChI is InChI=1S/C12H13BrFNO3/c1-6-7(13)2-3-8(14)11(6)12(17)15-9-4-18-5-10(9)16/h2-3,9-10,16H,4-5H2,1H3,(H,15,17)/t9-,10-/m1/s1. The number of carbonyl (C=O) groups excluding carboxylic acids is 1. The molecule has 2 N–H and O–H groups in total. The van der Waals surface area contributed by atoms with Crippen LogP contribution in [0.2, 0.25) is 0 Å². The summed E-state index contributed by atoms with van der Waals surface area (Å²) in [6.45, 7) is 2.08. The Bertz CT molecular complexity index is 481. The Morgan fingerprint density at radius 2 is 2.28 bits per heavy atom. The van der Waals surface area contributed by atoms with Gasteiger partial charge in [-0.3, -0.25) is 4.79 Å². The van der Waals surface area contributed by atoms with Gasteiger partial charge in [0.2, 0.25) is 0 Å². The van der Waals surface area contributed by atoms with Gasteiger partial charge in [-0.25, -0.2) is 4.39 Å². The third-order valence-electron chi connectivity index (χ3n) is 2.94. The third kappa shape index (κ3) is 2.55. The summed E-state index contributed by atoms with van der Waals surface area (Å²) in [4.78, 5) is 12.0. The monoisotopic (exact) mass is 317 g/mol. The van der Waals surface area contributed by atoms with Gasteiger partial charge in [0.25, 0.3) is 5.91 Å². The maximum Gasteiger partial charge on any atom is 0.254 e. The molecule has 0 aliphatic carbocycles. The van der Waals surface area contributed by atoms with Crippen LogP contribution in [0.5, 0.6) is 0 Å². The fourth-order valence-corrected chi connectivity index (χ4v) is 2.18. The maximum absolute atomic E-state index is 13.7. The predicted octanol–water partition coefficient (Wildman–Crippen LogP) is 1.39. The van der Waals surface area contributed by atoms with Crippen LogP contribution in [-0.4, -0.2) is 36.4 Å². The molecule has 4 nitrogen and oxygen atoms in total. The minimum Gasteiger partial charge on any atom is -0.388 e. The Labute approximate surface area is 112 Å². The van der Waals surface area contributed by atoms with E-state index in [4.69, 9.17) is 4.74 Å². The summed E-state index contributed by atoms with van der Waals surface area (Å²) in [5.74, 6) is -1.12. The molecule has 0 aromatic heterocycles. The molecule has 0 saturated carbocycles. The van der Waals surface area contributed by atoms with Crippen molar-refractivity contribution in [2.24, 2.45) is 0 Å². The van der Waals surface area contributed by atoms with Crippen molar-refractivity contribution in [2.45, 2.75) is 19.1 Å². The first-order chi connectivity index (χ1) is 8.50. The summed E-state index contributed by atoms with van der Waals surface area (Å²) in [6.07, 6.45) is -0.746. The van der Waals surface area contributed by atoms with Crippen LogP contribution in [-0.2, 0) is 4.74 Å². The smallest absolute Gasteiger partial charge is 0.254 e. The quantitative estimate of drug-likeness (QED) is 0.866. The molecule has 18 heavy (non-hydrogen) atoms. The van der Waals surface area contributed by atoms with E-state index in [0.29, 0.717) is 10.0 Å². The van der Waals surface area contributed by atoms with E-state index < -0.39 is 23.9 Å². The van der Waals surface area contributed by atoms with Crippen molar-refractivity contribution in [3.8, 4) is 0 Å². The van der Waals surface area contributed by atoms with Crippen molar-refractivity contribution in [1.82, 2.24) is 5.32 Å². The molecule has 1 aliphatic rings. The highest BCUT2D eigenvalue weighted by Gasteiger charge is 2.29. The Morgan fingerprint density at radius 1 is 1.56 bits per heavy atom. The van der Waals surface area contributed by atoms with Gasteiger partial charge in [0.15, 0.2) is 0 Å². The van der Waals surface area contributed by atoms with Crippen LogP contribution in [0.25, 0.3) is 0 Å². The second-order valence-electron chi connectivity index (χ2n) is 4.21. The Hall–Kier alpha value is -0.980. The molecule has 1 aliphatic heterocycles. The molecule has 2 atom stereocenters. The van der Waals surface area contributed by atoms with Crippen LogP contribution in [0, 0.1) is 12.7 Å². The molecule has 1 aromatic carbocycles. The van der Waals surface area contributed by atoms with E-state index in [2.05, 4.69) is 21.2 Å². The van der Waals surface area contributed by atoms with Gasteiger partial charge in [-0.2, -0.15) is 0 Å². The second kappa shape index (κ2) is 5.34. The van der Waals surface area contributed by atoms with E-state index in [1.54, 1.807) is 13.0 Å². The topological polar surface area (TPSA) is 58.6 Å². The van der Waals surface area contributed by atoms with Crippen molar-refractivity contribution in [1.29, 1.82) is 0 Å². The number of carbonyl (C=O) groups is 1. The number of halogens is 2. The zero-order valence-corrected chi connectivity index (χ0v) is 11.3. The molecule has 1 aromatic rings. The molecule has 6 heteroatoms. The fourth-order valence-electron chi connectivity index (χ4n) is 1.85. The molecule has 0 spiro atoms. The Balaban J connectivity index is 2.21. The summed E-state index contributed by atoms with van der Waals surface area (Å²) >= 11 is 3.25. The van der Waals surface area contributed by atoms with Crippen molar-refractivity contribution >= 4 is 21.8 Å². The summed E-state index contributed by atoms with van der Waals surface area (Å²) in [6, 6.07) is 2.29. The number of nitrogens with one attached hydrogen (secondary N) is 1. The molecule has 1 heterocycles. The minimum absolute atomic E-state index is 0.0107. The van der Waals surface area contributed by atoms with Gasteiger partial charge in [-0.1, -0.05) is 15.9 Å². The van der Waals surface area contributed by atoms with Crippen molar-refractivity contribution < 1.29 is 19.0 Å². The van der Waals surface area contributed by atoms with Crippen molar-refractivity contribution in [2.75, 3.05) is 13.2 Å². The van der Waals surface area contributed by atoms with Crippen LogP contribution < -0.4 is 5.32 Å². The largest absolute Gasteiger partial charge is 0.388 e. The van der Waals surface area contributed by atoms with Gasteiger partial charge in [-0.05, 0) is 24.6 Å². The van der Waals surface area contributed by atoms with E-state index in [1.165, 1.54) is 6.07 Å². The maximum atomic E-state index is 13.7. The van der Waals surface area contributed by atoms with Gasteiger partial charge >= 0.3 is 0 Å². The number of amides is 1. The molecule has 0 unspecified atom stereocenters. The van der Waals surface area contributed by atoms with E-state index in [1.807, 2.05) is 0 Å². The highest BCUT2D eigenvalue weighted by Crippen LogP contribution is 2.22. The van der Waals surface area contributed by atoms with E-state index in [0.717, 1.165) is 0 Å². The highest BCUT2D eigenvalue weighted by molar-refractivity contribution is 9.10. The van der Waals surface area contributed by atoms with Crippen LogP contribution in [0.1, 0.15) is 15.9 Å². The molecule has 0 radical (unpaired) electrons. The summed E-state index contributed by atoms with van der Waals surface area (Å²) in [5.41, 5.74) is 0.518. The number of aliphatic hydroxyl groups is 1. The lowest BCUT2D eigenvalue weighted by molar-refractivity contribution is 0.0881. The van der Waals surface area contributed by atoms with Gasteiger partial charge in [0, 0.05) is 4.47 Å². The molecular formula is C12H13BrFNO3. The normalized spacial score (nSPS) is 23.1. The summed E-state index contributed by atoms with van der Waals surface area (Å²) < 4.78 is 19.4. The molecule has 98 valence electrons. The van der Waals surface area contributed by atoms with E-state index >= 15 is 0 Å². The van der Waals surface area contributed by atoms with Gasteiger partial charge in [0.1, 0.15) is 5.82 Å². The molecule has 1 saturated heterocycles. The zero-order valence-electron chi connectivity index (χ0n) is 9.74. The molecular weight excluding hydrogens is 305 g/mol. The third-order valence-corrected chi connectivity index (χ3v) is 3.80. The van der Waals surface area contributed by atoms with Crippen molar-refractivity contribution in [3.63, 3.8) is 0 Å².